The van der Waals surface area contributed by atoms with Crippen LogP contribution in [0.1, 0.15) is 0 Å². The number of amides is 2. The molecule has 0 aromatic heterocycles. The van der Waals surface area contributed by atoms with E-state index in [1.807, 2.05) is 0 Å². The van der Waals surface area contributed by atoms with Gasteiger partial charge in [-0.15, -0.1) is 0 Å². The molecule has 0 aliphatic rings. The number of thioether (sulfide) groups is 1. The van der Waals surface area contributed by atoms with E-state index in [4.69, 9.17) is 5.73 Å². The molecule has 1 aromatic rings. The SMILES string of the molecule is NC(=S)CNC(=O)C(=O)Nc1ccccc1SC(F)F. The third kappa shape index (κ3) is 5.49. The maximum absolute atomic E-state index is 12.3. The summed E-state index contributed by atoms with van der Waals surface area (Å²) < 4.78 is 24.7. The van der Waals surface area contributed by atoms with E-state index in [1.54, 1.807) is 12.1 Å². The second-order valence-corrected chi connectivity index (χ2v) is 5.03. The minimum absolute atomic E-state index is 0.0276. The van der Waals surface area contributed by atoms with Crippen molar-refractivity contribution in [2.45, 2.75) is 10.7 Å². The molecule has 2 amide bonds. The van der Waals surface area contributed by atoms with Gasteiger partial charge in [0, 0.05) is 4.90 Å². The molecule has 0 bridgehead atoms. The summed E-state index contributed by atoms with van der Waals surface area (Å²) >= 11 is 4.82. The molecule has 0 aliphatic carbocycles. The highest BCUT2D eigenvalue weighted by atomic mass is 32.2. The molecule has 0 spiro atoms. The van der Waals surface area contributed by atoms with E-state index in [1.165, 1.54) is 12.1 Å². The Hall–Kier alpha value is -1.74. The lowest BCUT2D eigenvalue weighted by molar-refractivity contribution is -0.135. The van der Waals surface area contributed by atoms with Crippen molar-refractivity contribution in [2.75, 3.05) is 11.9 Å². The zero-order valence-corrected chi connectivity index (χ0v) is 11.7. The van der Waals surface area contributed by atoms with Gasteiger partial charge in [-0.2, -0.15) is 8.78 Å². The van der Waals surface area contributed by atoms with Crippen LogP contribution >= 0.6 is 24.0 Å². The van der Waals surface area contributed by atoms with Gasteiger partial charge in [0.05, 0.1) is 17.2 Å². The number of hydrogen-bond acceptors (Lipinski definition) is 4. The number of carbonyl (C=O) groups excluding carboxylic acids is 2. The van der Waals surface area contributed by atoms with E-state index in [2.05, 4.69) is 22.9 Å². The monoisotopic (exact) mass is 319 g/mol. The average molecular weight is 319 g/mol. The second kappa shape index (κ2) is 7.75. The Morgan fingerprint density at radius 1 is 1.30 bits per heavy atom. The van der Waals surface area contributed by atoms with Crippen molar-refractivity contribution in [1.29, 1.82) is 0 Å². The topological polar surface area (TPSA) is 84.2 Å². The maximum atomic E-state index is 12.3. The van der Waals surface area contributed by atoms with Gasteiger partial charge in [-0.25, -0.2) is 0 Å². The number of hydrogen-bond donors (Lipinski definition) is 3. The molecule has 1 aromatic carbocycles. The first kappa shape index (κ1) is 16.3. The van der Waals surface area contributed by atoms with Gasteiger partial charge in [-0.05, 0) is 12.1 Å². The van der Waals surface area contributed by atoms with Gasteiger partial charge in [0.15, 0.2) is 0 Å². The molecular formula is C11H11F2N3O2S2. The van der Waals surface area contributed by atoms with Crippen LogP contribution in [0.15, 0.2) is 29.2 Å². The van der Waals surface area contributed by atoms with Crippen LogP contribution in [0.5, 0.6) is 0 Å². The summed E-state index contributed by atoms with van der Waals surface area (Å²) in [4.78, 5) is 23.1. The van der Waals surface area contributed by atoms with Gasteiger partial charge >= 0.3 is 11.8 Å². The molecule has 0 heterocycles. The zero-order valence-electron chi connectivity index (χ0n) is 10.1. The minimum atomic E-state index is -2.63. The summed E-state index contributed by atoms with van der Waals surface area (Å²) in [5.41, 5.74) is 5.30. The summed E-state index contributed by atoms with van der Waals surface area (Å²) in [5, 5.41) is 4.44. The van der Waals surface area contributed by atoms with Crippen LogP contribution in [-0.4, -0.2) is 29.1 Å². The predicted molar refractivity (Wildman–Crippen MR) is 76.7 cm³/mol. The molecule has 0 saturated carbocycles. The quantitative estimate of drug-likeness (QED) is 0.433. The van der Waals surface area contributed by atoms with Gasteiger partial charge in [0.2, 0.25) is 0 Å². The van der Waals surface area contributed by atoms with Crippen molar-refractivity contribution in [3.63, 3.8) is 0 Å². The first-order valence-corrected chi connectivity index (χ1v) is 6.60. The largest absolute Gasteiger partial charge is 0.392 e. The lowest BCUT2D eigenvalue weighted by Crippen LogP contribution is -2.39. The Kier molecular flexibility index (Phi) is 6.32. The van der Waals surface area contributed by atoms with Crippen LogP contribution in [0.2, 0.25) is 0 Å². The third-order valence-corrected chi connectivity index (χ3v) is 2.91. The van der Waals surface area contributed by atoms with Crippen molar-refractivity contribution < 1.29 is 18.4 Å². The minimum Gasteiger partial charge on any atom is -0.392 e. The van der Waals surface area contributed by atoms with Gasteiger partial charge in [-0.1, -0.05) is 36.1 Å². The van der Waals surface area contributed by atoms with Crippen molar-refractivity contribution in [3.05, 3.63) is 24.3 Å². The molecule has 4 N–H and O–H groups in total. The lowest BCUT2D eigenvalue weighted by atomic mass is 10.3. The van der Waals surface area contributed by atoms with Gasteiger partial charge in [-0.3, -0.25) is 9.59 Å². The number of carbonyl (C=O) groups is 2. The molecule has 0 saturated heterocycles. The molecule has 0 radical (unpaired) electrons. The summed E-state index contributed by atoms with van der Waals surface area (Å²) in [6.07, 6.45) is 0. The highest BCUT2D eigenvalue weighted by molar-refractivity contribution is 7.99. The molecule has 0 fully saturated rings. The first-order chi connectivity index (χ1) is 9.40. The number of alkyl halides is 2. The summed E-state index contributed by atoms with van der Waals surface area (Å²) in [6.45, 7) is -0.116. The Morgan fingerprint density at radius 3 is 2.55 bits per heavy atom. The number of para-hydroxylation sites is 1. The average Bonchev–Trinajstić information content (AvgIpc) is 2.37. The van der Waals surface area contributed by atoms with Crippen molar-refractivity contribution >= 4 is 46.5 Å². The van der Waals surface area contributed by atoms with Crippen LogP contribution < -0.4 is 16.4 Å². The number of anilines is 1. The van der Waals surface area contributed by atoms with E-state index in [0.29, 0.717) is 0 Å². The summed E-state index contributed by atoms with van der Waals surface area (Å²) in [6, 6.07) is 5.94. The van der Waals surface area contributed by atoms with Gasteiger partial charge in [0.25, 0.3) is 5.76 Å². The van der Waals surface area contributed by atoms with Crippen LogP contribution in [0.25, 0.3) is 0 Å². The second-order valence-electron chi connectivity index (χ2n) is 3.48. The maximum Gasteiger partial charge on any atom is 0.313 e. The fourth-order valence-corrected chi connectivity index (χ4v) is 1.86. The molecule has 5 nitrogen and oxygen atoms in total. The highest BCUT2D eigenvalue weighted by Crippen LogP contribution is 2.31. The van der Waals surface area contributed by atoms with Crippen LogP contribution in [-0.2, 0) is 9.59 Å². The standard InChI is InChI=1S/C11H11F2N3O2S2/c12-11(13)20-7-4-2-1-3-6(7)16-10(18)9(17)15-5-8(14)19/h1-4,11H,5H2,(H2,14,19)(H,15,17)(H,16,18). The fraction of sp³-hybridized carbons (Fsp3) is 0.182. The fourth-order valence-electron chi connectivity index (χ4n) is 1.20. The van der Waals surface area contributed by atoms with E-state index in [-0.39, 0.29) is 33.9 Å². The van der Waals surface area contributed by atoms with Crippen LogP contribution in [0, 0.1) is 0 Å². The molecule has 0 atom stereocenters. The normalized spacial score (nSPS) is 10.2. The lowest BCUT2D eigenvalue weighted by Gasteiger charge is -2.10. The number of nitrogens with one attached hydrogen (secondary N) is 2. The molecule has 1 rings (SSSR count). The zero-order chi connectivity index (χ0) is 15.1. The Morgan fingerprint density at radius 2 is 1.95 bits per heavy atom. The van der Waals surface area contributed by atoms with Crippen LogP contribution in [0.3, 0.4) is 0 Å². The molecule has 0 unspecified atom stereocenters. The first-order valence-electron chi connectivity index (χ1n) is 5.31. The van der Waals surface area contributed by atoms with Gasteiger partial charge < -0.3 is 16.4 Å². The van der Waals surface area contributed by atoms with E-state index >= 15 is 0 Å². The third-order valence-electron chi connectivity index (χ3n) is 1.98. The van der Waals surface area contributed by atoms with Crippen molar-refractivity contribution in [2.24, 2.45) is 5.73 Å². The van der Waals surface area contributed by atoms with Crippen molar-refractivity contribution in [1.82, 2.24) is 5.32 Å². The number of thiocarbonyl (C=S) groups is 1. The highest BCUT2D eigenvalue weighted by Gasteiger charge is 2.16. The molecule has 108 valence electrons. The number of benzene rings is 1. The molecule has 20 heavy (non-hydrogen) atoms. The Labute approximate surface area is 123 Å². The van der Waals surface area contributed by atoms with E-state index < -0.39 is 17.6 Å². The Bertz CT molecular complexity index is 526. The van der Waals surface area contributed by atoms with Crippen molar-refractivity contribution in [3.8, 4) is 0 Å². The smallest absolute Gasteiger partial charge is 0.313 e. The van der Waals surface area contributed by atoms with Gasteiger partial charge in [0.1, 0.15) is 0 Å². The molecule has 0 aliphatic heterocycles. The number of halogens is 2. The predicted octanol–water partition coefficient (Wildman–Crippen LogP) is 1.34. The summed E-state index contributed by atoms with van der Waals surface area (Å²) in [5.74, 6) is -4.56. The molecule has 9 heteroatoms. The van der Waals surface area contributed by atoms with Crippen LogP contribution in [0.4, 0.5) is 14.5 Å². The summed E-state index contributed by atoms with van der Waals surface area (Å²) in [7, 11) is 0. The van der Waals surface area contributed by atoms with E-state index in [0.717, 1.165) is 0 Å². The molecular weight excluding hydrogens is 308 g/mol. The van der Waals surface area contributed by atoms with E-state index in [9.17, 15) is 18.4 Å². The Balaban J connectivity index is 2.70. The number of nitrogens with two attached hydrogens (primary N) is 1. The number of rotatable bonds is 5.